The summed E-state index contributed by atoms with van der Waals surface area (Å²) >= 11 is 13.4. The van der Waals surface area contributed by atoms with E-state index in [2.05, 4.69) is 25.3 Å². The molecule has 0 aliphatic carbocycles. The molecule has 170 valence electrons. The molecule has 0 bridgehead atoms. The van der Waals surface area contributed by atoms with Gasteiger partial charge in [0.05, 0.1) is 5.39 Å². The number of rotatable bonds is 5. The fraction of sp³-hybridized carbons (Fsp3) is 0.350. The number of carbonyl (C=O) groups excluding carboxylic acids is 1. The molecule has 0 atom stereocenters. The van der Waals surface area contributed by atoms with Crippen molar-refractivity contribution in [2.75, 3.05) is 23.5 Å². The fourth-order valence-corrected chi connectivity index (χ4v) is 3.68. The number of halogens is 3. The predicted molar refractivity (Wildman–Crippen MR) is 125 cm³/mol. The molecule has 0 saturated heterocycles. The molecule has 0 radical (unpaired) electrons. The molecular weight excluding hydrogens is 478 g/mol. The largest absolute Gasteiger partial charge is 0.444 e. The van der Waals surface area contributed by atoms with Gasteiger partial charge >= 0.3 is 6.09 Å². The fourth-order valence-electron chi connectivity index (χ4n) is 2.84. The molecule has 3 rings (SSSR count). The van der Waals surface area contributed by atoms with E-state index in [-0.39, 0.29) is 27.8 Å². The molecule has 1 N–H and O–H groups in total. The van der Waals surface area contributed by atoms with Crippen molar-refractivity contribution in [3.8, 4) is 0 Å². The minimum Gasteiger partial charge on any atom is -0.444 e. The second kappa shape index (κ2) is 9.60. The lowest BCUT2D eigenvalue weighted by atomic mass is 10.2. The maximum Gasteiger partial charge on any atom is 0.413 e. The van der Waals surface area contributed by atoms with Gasteiger partial charge in [-0.1, -0.05) is 41.0 Å². The van der Waals surface area contributed by atoms with E-state index in [0.29, 0.717) is 22.4 Å². The number of thioether (sulfide) groups is 1. The highest BCUT2D eigenvalue weighted by atomic mass is 35.5. The average Bonchev–Trinajstić information content (AvgIpc) is 2.71. The van der Waals surface area contributed by atoms with Crippen molar-refractivity contribution >= 4 is 63.6 Å². The van der Waals surface area contributed by atoms with Crippen LogP contribution in [0.25, 0.3) is 10.9 Å². The van der Waals surface area contributed by atoms with E-state index < -0.39 is 17.5 Å². The van der Waals surface area contributed by atoms with Gasteiger partial charge in [0.15, 0.2) is 16.1 Å². The molecule has 0 unspecified atom stereocenters. The number of hydrogen-bond acceptors (Lipinski definition) is 8. The van der Waals surface area contributed by atoms with Crippen LogP contribution >= 0.6 is 35.0 Å². The van der Waals surface area contributed by atoms with Crippen LogP contribution in [0.4, 0.5) is 20.8 Å². The molecule has 0 aromatic carbocycles. The van der Waals surface area contributed by atoms with Crippen LogP contribution in [0.15, 0.2) is 23.5 Å². The number of aromatic nitrogens is 4. The van der Waals surface area contributed by atoms with Crippen molar-refractivity contribution in [3.05, 3.63) is 40.0 Å². The van der Waals surface area contributed by atoms with Crippen LogP contribution in [0.2, 0.25) is 10.3 Å². The van der Waals surface area contributed by atoms with Crippen LogP contribution in [0.1, 0.15) is 26.3 Å². The summed E-state index contributed by atoms with van der Waals surface area (Å²) in [6.45, 7) is 5.57. The van der Waals surface area contributed by atoms with E-state index in [1.807, 2.05) is 0 Å². The summed E-state index contributed by atoms with van der Waals surface area (Å²) in [5, 5.41) is 2.86. The Bertz CT molecular complexity index is 1180. The van der Waals surface area contributed by atoms with Gasteiger partial charge < -0.3 is 9.64 Å². The Balaban J connectivity index is 1.99. The number of ether oxygens (including phenoxy) is 1. The Hall–Kier alpha value is -2.43. The number of hydrogen-bond donors (Lipinski definition) is 1. The van der Waals surface area contributed by atoms with Crippen molar-refractivity contribution in [2.45, 2.75) is 38.1 Å². The standard InChI is InChI=1S/C20H21Cl2FN6O2S/c1-20(2,3)31-19(30)27-16-10(7-6-8-24-16)9-29(4)17-11-13(25-18(28-17)32-5)12(23)15(22)26-14(11)21/h6-8H,9H2,1-5H3,(H,24,27,30). The molecule has 0 fully saturated rings. The lowest BCUT2D eigenvalue weighted by molar-refractivity contribution is 0.0635. The van der Waals surface area contributed by atoms with Crippen molar-refractivity contribution in [3.63, 3.8) is 0 Å². The second-order valence-electron chi connectivity index (χ2n) is 7.76. The van der Waals surface area contributed by atoms with E-state index in [4.69, 9.17) is 27.9 Å². The minimum atomic E-state index is -0.771. The minimum absolute atomic E-state index is 0.0146. The first-order chi connectivity index (χ1) is 15.0. The summed E-state index contributed by atoms with van der Waals surface area (Å²) in [7, 11) is 1.75. The van der Waals surface area contributed by atoms with E-state index in [1.54, 1.807) is 57.3 Å². The third-order valence-electron chi connectivity index (χ3n) is 4.12. The van der Waals surface area contributed by atoms with Gasteiger partial charge in [-0.15, -0.1) is 0 Å². The maximum atomic E-state index is 14.7. The number of carbonyl (C=O) groups is 1. The Morgan fingerprint density at radius 1 is 1.25 bits per heavy atom. The van der Waals surface area contributed by atoms with Crippen molar-refractivity contribution in [1.82, 2.24) is 19.9 Å². The third-order valence-corrected chi connectivity index (χ3v) is 5.19. The maximum absolute atomic E-state index is 14.7. The first-order valence-electron chi connectivity index (χ1n) is 9.41. The molecule has 0 saturated carbocycles. The van der Waals surface area contributed by atoms with Crippen molar-refractivity contribution < 1.29 is 13.9 Å². The molecule has 12 heteroatoms. The van der Waals surface area contributed by atoms with E-state index in [0.717, 1.165) is 0 Å². The number of amides is 1. The van der Waals surface area contributed by atoms with Crippen LogP contribution in [-0.4, -0.2) is 44.9 Å². The molecule has 3 aromatic heterocycles. The zero-order chi connectivity index (χ0) is 23.6. The number of nitrogens with one attached hydrogen (secondary N) is 1. The third kappa shape index (κ3) is 5.48. The Labute approximate surface area is 198 Å². The highest BCUT2D eigenvalue weighted by molar-refractivity contribution is 7.98. The normalized spacial score (nSPS) is 11.5. The first-order valence-corrected chi connectivity index (χ1v) is 11.4. The summed E-state index contributed by atoms with van der Waals surface area (Å²) in [6, 6.07) is 3.54. The summed E-state index contributed by atoms with van der Waals surface area (Å²) in [5.41, 5.74) is 0.00488. The van der Waals surface area contributed by atoms with Crippen LogP contribution in [0.3, 0.4) is 0 Å². The second-order valence-corrected chi connectivity index (χ2v) is 9.25. The van der Waals surface area contributed by atoms with E-state index in [1.165, 1.54) is 11.8 Å². The molecule has 3 aromatic rings. The van der Waals surface area contributed by atoms with Crippen molar-refractivity contribution in [2.24, 2.45) is 0 Å². The average molecular weight is 499 g/mol. The zero-order valence-corrected chi connectivity index (χ0v) is 20.4. The van der Waals surface area contributed by atoms with Crippen molar-refractivity contribution in [1.29, 1.82) is 0 Å². The van der Waals surface area contributed by atoms with E-state index >= 15 is 0 Å². The van der Waals surface area contributed by atoms with Gasteiger partial charge in [-0.25, -0.2) is 29.1 Å². The molecule has 32 heavy (non-hydrogen) atoms. The molecule has 3 heterocycles. The summed E-state index contributed by atoms with van der Waals surface area (Å²) < 4.78 is 20.0. The highest BCUT2D eigenvalue weighted by Gasteiger charge is 2.22. The predicted octanol–water partition coefficient (Wildman–Crippen LogP) is 5.57. The van der Waals surface area contributed by atoms with Gasteiger partial charge in [0, 0.05) is 25.4 Å². The molecule has 0 spiro atoms. The lowest BCUT2D eigenvalue weighted by Gasteiger charge is -2.23. The van der Waals surface area contributed by atoms with Gasteiger partial charge in [0.25, 0.3) is 0 Å². The number of nitrogens with zero attached hydrogens (tertiary/aromatic N) is 5. The first kappa shape index (κ1) is 24.2. The van der Waals surface area contributed by atoms with Crippen LogP contribution in [0.5, 0.6) is 0 Å². The Morgan fingerprint density at radius 3 is 2.62 bits per heavy atom. The van der Waals surface area contributed by atoms with Crippen LogP contribution in [0, 0.1) is 5.82 Å². The highest BCUT2D eigenvalue weighted by Crippen LogP contribution is 2.35. The summed E-state index contributed by atoms with van der Waals surface area (Å²) in [5.74, 6) is -0.0814. The number of anilines is 2. The molecule has 8 nitrogen and oxygen atoms in total. The van der Waals surface area contributed by atoms with Crippen LogP contribution in [-0.2, 0) is 11.3 Å². The summed E-state index contributed by atoms with van der Waals surface area (Å²) in [6.07, 6.45) is 2.71. The van der Waals surface area contributed by atoms with Crippen LogP contribution < -0.4 is 10.2 Å². The molecule has 0 aliphatic heterocycles. The zero-order valence-electron chi connectivity index (χ0n) is 18.0. The number of fused-ring (bicyclic) bond motifs is 1. The molecule has 0 aliphatic rings. The Morgan fingerprint density at radius 2 is 1.97 bits per heavy atom. The molecule has 1 amide bonds. The van der Waals surface area contributed by atoms with Gasteiger partial charge in [0.1, 0.15) is 27.9 Å². The topological polar surface area (TPSA) is 93.1 Å². The Kier molecular flexibility index (Phi) is 7.26. The smallest absolute Gasteiger partial charge is 0.413 e. The SMILES string of the molecule is CSc1nc(N(C)Cc2cccnc2NC(=O)OC(C)(C)C)c2c(Cl)nc(Cl)c(F)c2n1. The quantitative estimate of drug-likeness (QED) is 0.277. The van der Waals surface area contributed by atoms with Gasteiger partial charge in [-0.05, 0) is 33.1 Å². The van der Waals surface area contributed by atoms with Gasteiger partial charge in [0.2, 0.25) is 0 Å². The van der Waals surface area contributed by atoms with E-state index in [9.17, 15) is 9.18 Å². The summed E-state index contributed by atoms with van der Waals surface area (Å²) in [4.78, 5) is 30.8. The number of pyridine rings is 2. The van der Waals surface area contributed by atoms with Gasteiger partial charge in [-0.2, -0.15) is 0 Å². The monoisotopic (exact) mass is 498 g/mol. The lowest BCUT2D eigenvalue weighted by Crippen LogP contribution is -2.28. The molecular formula is C20H21Cl2FN6O2S. The van der Waals surface area contributed by atoms with Gasteiger partial charge in [-0.3, -0.25) is 5.32 Å².